The lowest BCUT2D eigenvalue weighted by Gasteiger charge is -2.14. The predicted molar refractivity (Wildman–Crippen MR) is 103 cm³/mol. The molecule has 0 spiro atoms. The zero-order chi connectivity index (χ0) is 18.5. The smallest absolute Gasteiger partial charge is 0.162 e. The van der Waals surface area contributed by atoms with Crippen molar-refractivity contribution in [2.24, 2.45) is 0 Å². The van der Waals surface area contributed by atoms with E-state index in [-0.39, 0.29) is 6.61 Å². The lowest BCUT2D eigenvalue weighted by Crippen LogP contribution is -2.07. The molecule has 1 aromatic heterocycles. The fraction of sp³-hybridized carbons (Fsp3) is 0.263. The van der Waals surface area contributed by atoms with Gasteiger partial charge in [0.25, 0.3) is 0 Å². The van der Waals surface area contributed by atoms with Crippen molar-refractivity contribution in [2.45, 2.75) is 6.42 Å². The number of aliphatic hydroxyl groups is 1. The number of aromatic nitrogens is 2. The Balaban J connectivity index is 2.15. The van der Waals surface area contributed by atoms with E-state index in [4.69, 9.17) is 26.2 Å². The Morgan fingerprint density at radius 1 is 1.04 bits per heavy atom. The summed E-state index contributed by atoms with van der Waals surface area (Å²) in [5, 5.41) is 13.8. The van der Waals surface area contributed by atoms with Crippen LogP contribution in [0.2, 0.25) is 5.02 Å². The number of anilines is 1. The molecular formula is C19H20ClN3O3. The maximum absolute atomic E-state index is 9.04. The van der Waals surface area contributed by atoms with Crippen LogP contribution in [-0.2, 0) is 0 Å². The molecule has 0 radical (unpaired) electrons. The summed E-state index contributed by atoms with van der Waals surface area (Å²) in [7, 11) is 3.18. The molecule has 0 unspecified atom stereocenters. The molecule has 2 N–H and O–H groups in total. The number of nitrogens with zero attached hydrogens (tertiary/aromatic N) is 2. The maximum atomic E-state index is 9.04. The number of hydrogen-bond acceptors (Lipinski definition) is 6. The monoisotopic (exact) mass is 373 g/mol. The normalized spacial score (nSPS) is 10.8. The first-order valence-electron chi connectivity index (χ1n) is 8.20. The Labute approximate surface area is 156 Å². The van der Waals surface area contributed by atoms with Gasteiger partial charge in [-0.25, -0.2) is 9.97 Å². The van der Waals surface area contributed by atoms with Gasteiger partial charge in [0.1, 0.15) is 5.82 Å². The molecule has 136 valence electrons. The molecule has 0 aliphatic carbocycles. The summed E-state index contributed by atoms with van der Waals surface area (Å²) in [5.74, 6) is 2.46. The fourth-order valence-corrected chi connectivity index (χ4v) is 2.73. The van der Waals surface area contributed by atoms with Gasteiger partial charge in [0.2, 0.25) is 0 Å². The van der Waals surface area contributed by atoms with Crippen molar-refractivity contribution in [3.05, 3.63) is 41.4 Å². The Kier molecular flexibility index (Phi) is 5.75. The number of halogens is 1. The number of hydrogen-bond donors (Lipinski definition) is 2. The van der Waals surface area contributed by atoms with Crippen molar-refractivity contribution in [3.8, 4) is 22.9 Å². The molecule has 0 fully saturated rings. The number of rotatable bonds is 7. The SMILES string of the molecule is COc1cc2nc(-c3ccc(Cl)cc3)nc(NCCCO)c2cc1OC. The van der Waals surface area contributed by atoms with Crippen LogP contribution in [0.1, 0.15) is 6.42 Å². The van der Waals surface area contributed by atoms with Crippen molar-refractivity contribution in [1.82, 2.24) is 9.97 Å². The van der Waals surface area contributed by atoms with Gasteiger partial charge < -0.3 is 19.9 Å². The number of benzene rings is 2. The van der Waals surface area contributed by atoms with E-state index >= 15 is 0 Å². The topological polar surface area (TPSA) is 76.5 Å². The number of ether oxygens (including phenoxy) is 2. The van der Waals surface area contributed by atoms with Crippen LogP contribution >= 0.6 is 11.6 Å². The van der Waals surface area contributed by atoms with Crippen LogP contribution in [0.3, 0.4) is 0 Å². The van der Waals surface area contributed by atoms with E-state index in [1.165, 1.54) is 0 Å². The first-order chi connectivity index (χ1) is 12.7. The predicted octanol–water partition coefficient (Wildman–Crippen LogP) is 3.76. The van der Waals surface area contributed by atoms with Crippen molar-refractivity contribution < 1.29 is 14.6 Å². The highest BCUT2D eigenvalue weighted by molar-refractivity contribution is 6.30. The van der Waals surface area contributed by atoms with Gasteiger partial charge in [0.15, 0.2) is 17.3 Å². The molecule has 7 heteroatoms. The molecule has 0 bridgehead atoms. The second kappa shape index (κ2) is 8.21. The third kappa shape index (κ3) is 3.81. The molecule has 0 aliphatic heterocycles. The maximum Gasteiger partial charge on any atom is 0.162 e. The Morgan fingerprint density at radius 2 is 1.73 bits per heavy atom. The van der Waals surface area contributed by atoms with Crippen molar-refractivity contribution in [1.29, 1.82) is 0 Å². The van der Waals surface area contributed by atoms with Gasteiger partial charge >= 0.3 is 0 Å². The number of aliphatic hydroxyl groups excluding tert-OH is 1. The molecular weight excluding hydrogens is 354 g/mol. The van der Waals surface area contributed by atoms with Crippen molar-refractivity contribution in [3.63, 3.8) is 0 Å². The molecule has 0 saturated heterocycles. The van der Waals surface area contributed by atoms with E-state index < -0.39 is 0 Å². The molecule has 0 amide bonds. The highest BCUT2D eigenvalue weighted by Crippen LogP contribution is 2.35. The van der Waals surface area contributed by atoms with Crippen LogP contribution in [-0.4, -0.2) is 42.4 Å². The lowest BCUT2D eigenvalue weighted by atomic mass is 10.1. The van der Waals surface area contributed by atoms with Crippen LogP contribution in [0, 0.1) is 0 Å². The van der Waals surface area contributed by atoms with Gasteiger partial charge in [0.05, 0.1) is 19.7 Å². The van der Waals surface area contributed by atoms with Gasteiger partial charge in [-0.2, -0.15) is 0 Å². The van der Waals surface area contributed by atoms with Crippen molar-refractivity contribution >= 4 is 28.3 Å². The second-order valence-electron chi connectivity index (χ2n) is 5.63. The van der Waals surface area contributed by atoms with Gasteiger partial charge in [-0.05, 0) is 36.8 Å². The Bertz CT molecular complexity index is 901. The summed E-state index contributed by atoms with van der Waals surface area (Å²) in [5.41, 5.74) is 1.59. The molecule has 6 nitrogen and oxygen atoms in total. The first kappa shape index (κ1) is 18.2. The highest BCUT2D eigenvalue weighted by Gasteiger charge is 2.14. The second-order valence-corrected chi connectivity index (χ2v) is 6.07. The highest BCUT2D eigenvalue weighted by atomic mass is 35.5. The fourth-order valence-electron chi connectivity index (χ4n) is 2.60. The summed E-state index contributed by atoms with van der Waals surface area (Å²) in [6.07, 6.45) is 0.620. The number of nitrogens with one attached hydrogen (secondary N) is 1. The van der Waals surface area contributed by atoms with Gasteiger partial charge in [-0.3, -0.25) is 0 Å². The lowest BCUT2D eigenvalue weighted by molar-refractivity contribution is 0.292. The molecule has 0 saturated carbocycles. The molecule has 0 aliphatic rings. The standard InChI is InChI=1S/C19H20ClN3O3/c1-25-16-10-14-15(11-17(16)26-2)22-18(12-4-6-13(20)7-5-12)23-19(14)21-8-3-9-24/h4-7,10-11,24H,3,8-9H2,1-2H3,(H,21,22,23). The minimum absolute atomic E-state index is 0.108. The third-order valence-electron chi connectivity index (χ3n) is 3.93. The van der Waals surface area contributed by atoms with Gasteiger partial charge in [-0.1, -0.05) is 11.6 Å². The van der Waals surface area contributed by atoms with Crippen LogP contribution in [0.25, 0.3) is 22.3 Å². The minimum atomic E-state index is 0.108. The zero-order valence-corrected chi connectivity index (χ0v) is 15.4. The molecule has 0 atom stereocenters. The molecule has 1 heterocycles. The van der Waals surface area contributed by atoms with Gasteiger partial charge in [0, 0.05) is 35.2 Å². The average Bonchev–Trinajstić information content (AvgIpc) is 2.67. The van der Waals surface area contributed by atoms with Crippen LogP contribution in [0.15, 0.2) is 36.4 Å². The first-order valence-corrected chi connectivity index (χ1v) is 8.58. The quantitative estimate of drug-likeness (QED) is 0.614. The van der Waals surface area contributed by atoms with E-state index in [9.17, 15) is 0 Å². The van der Waals surface area contributed by atoms with E-state index in [1.54, 1.807) is 26.4 Å². The third-order valence-corrected chi connectivity index (χ3v) is 4.18. The molecule has 26 heavy (non-hydrogen) atoms. The van der Waals surface area contributed by atoms with Crippen molar-refractivity contribution in [2.75, 3.05) is 32.7 Å². The molecule has 3 aromatic rings. The minimum Gasteiger partial charge on any atom is -0.493 e. The van der Waals surface area contributed by atoms with Crippen LogP contribution in [0.5, 0.6) is 11.5 Å². The summed E-state index contributed by atoms with van der Waals surface area (Å²) >= 11 is 5.98. The van der Waals surface area contributed by atoms with E-state index in [1.807, 2.05) is 24.3 Å². The summed E-state index contributed by atoms with van der Waals surface area (Å²) < 4.78 is 10.8. The number of methoxy groups -OCH3 is 2. The summed E-state index contributed by atoms with van der Waals surface area (Å²) in [6, 6.07) is 11.0. The Morgan fingerprint density at radius 3 is 2.38 bits per heavy atom. The van der Waals surface area contributed by atoms with Crippen LogP contribution < -0.4 is 14.8 Å². The van der Waals surface area contributed by atoms with E-state index in [0.717, 1.165) is 16.5 Å². The van der Waals surface area contributed by atoms with Gasteiger partial charge in [-0.15, -0.1) is 0 Å². The largest absolute Gasteiger partial charge is 0.493 e. The molecule has 2 aromatic carbocycles. The van der Waals surface area contributed by atoms with Crippen LogP contribution in [0.4, 0.5) is 5.82 Å². The Hall–Kier alpha value is -2.57. The summed E-state index contributed by atoms with van der Waals surface area (Å²) in [4.78, 5) is 9.33. The zero-order valence-electron chi connectivity index (χ0n) is 14.6. The van der Waals surface area contributed by atoms with E-state index in [0.29, 0.717) is 41.1 Å². The van der Waals surface area contributed by atoms with E-state index in [2.05, 4.69) is 15.3 Å². The average molecular weight is 374 g/mol. The number of fused-ring (bicyclic) bond motifs is 1. The molecule has 3 rings (SSSR count). The summed E-state index contributed by atoms with van der Waals surface area (Å²) in [6.45, 7) is 0.703.